The average molecular weight is 396 g/mol. The molecule has 0 saturated heterocycles. The number of rotatable bonds is 3. The van der Waals surface area contributed by atoms with Crippen LogP contribution < -0.4 is 23.7 Å². The summed E-state index contributed by atoms with van der Waals surface area (Å²) in [6.07, 6.45) is 3.17. The smallest absolute Gasteiger partial charge is 0.272 e. The molecule has 2 aromatic carbocycles. The van der Waals surface area contributed by atoms with Crippen LogP contribution in [0.2, 0.25) is 0 Å². The number of fused-ring (bicyclic) bond motifs is 3. The summed E-state index contributed by atoms with van der Waals surface area (Å²) in [7, 11) is 0. The number of carbonyl (C=O) groups is 1. The summed E-state index contributed by atoms with van der Waals surface area (Å²) in [5, 5.41) is 0. The lowest BCUT2D eigenvalue weighted by atomic mass is 10.2. The Morgan fingerprint density at radius 3 is 2.57 bits per heavy atom. The fourth-order valence-electron chi connectivity index (χ4n) is 3.17. The molecule has 28 heavy (non-hydrogen) atoms. The van der Waals surface area contributed by atoms with Crippen molar-refractivity contribution in [2.45, 2.75) is 13.5 Å². The van der Waals surface area contributed by atoms with Crippen LogP contribution in [0, 0.1) is 0 Å². The molecule has 7 nitrogen and oxygen atoms in total. The van der Waals surface area contributed by atoms with Gasteiger partial charge >= 0.3 is 0 Å². The van der Waals surface area contributed by atoms with Crippen molar-refractivity contribution in [3.63, 3.8) is 0 Å². The van der Waals surface area contributed by atoms with Gasteiger partial charge in [0.2, 0.25) is 13.6 Å². The van der Waals surface area contributed by atoms with Gasteiger partial charge in [0, 0.05) is 24.8 Å². The summed E-state index contributed by atoms with van der Waals surface area (Å²) in [5.74, 6) is 2.50. The average Bonchev–Trinajstić information content (AvgIpc) is 3.41. The van der Waals surface area contributed by atoms with E-state index >= 15 is 0 Å². The molecular weight excluding hydrogens is 380 g/mol. The topological polar surface area (TPSA) is 71.3 Å². The minimum absolute atomic E-state index is 0.221. The van der Waals surface area contributed by atoms with Gasteiger partial charge in [0.15, 0.2) is 27.8 Å². The number of aryl methyl sites for hydroxylation is 1. The molecule has 3 heterocycles. The highest BCUT2D eigenvalue weighted by Crippen LogP contribution is 2.37. The van der Waals surface area contributed by atoms with Crippen molar-refractivity contribution in [2.75, 3.05) is 13.6 Å². The van der Waals surface area contributed by atoms with Gasteiger partial charge in [-0.1, -0.05) is 17.4 Å². The molecule has 0 N–H and O–H groups in total. The van der Waals surface area contributed by atoms with Crippen molar-refractivity contribution in [2.24, 2.45) is 4.99 Å². The molecule has 8 heteroatoms. The lowest BCUT2D eigenvalue weighted by molar-refractivity contribution is -0.113. The maximum absolute atomic E-state index is 12.4. The first-order valence-corrected chi connectivity index (χ1v) is 9.62. The molecule has 0 saturated carbocycles. The van der Waals surface area contributed by atoms with Crippen molar-refractivity contribution in [1.29, 1.82) is 0 Å². The van der Waals surface area contributed by atoms with Crippen LogP contribution in [0.15, 0.2) is 41.4 Å². The van der Waals surface area contributed by atoms with Gasteiger partial charge < -0.3 is 23.5 Å². The van der Waals surface area contributed by atoms with E-state index in [-0.39, 0.29) is 19.5 Å². The number of ether oxygens (including phenoxy) is 4. The van der Waals surface area contributed by atoms with Crippen LogP contribution in [-0.2, 0) is 11.3 Å². The summed E-state index contributed by atoms with van der Waals surface area (Å²) in [6.45, 7) is 3.17. The molecule has 0 atom stereocenters. The van der Waals surface area contributed by atoms with Crippen LogP contribution in [0.5, 0.6) is 23.0 Å². The normalized spacial score (nSPS) is 15.1. The summed E-state index contributed by atoms with van der Waals surface area (Å²) < 4.78 is 24.5. The van der Waals surface area contributed by atoms with Gasteiger partial charge in [0.25, 0.3) is 5.91 Å². The van der Waals surface area contributed by atoms with E-state index in [9.17, 15) is 4.79 Å². The van der Waals surface area contributed by atoms with Crippen LogP contribution >= 0.6 is 11.3 Å². The van der Waals surface area contributed by atoms with Gasteiger partial charge in [-0.15, -0.1) is 0 Å². The first-order chi connectivity index (χ1) is 13.7. The SMILES string of the molecule is CCn1c(=NC(=O)/C=C\c2ccc3c(c2)OCO3)sc2cc3c(cc21)OCO3. The number of thiazole rings is 1. The predicted octanol–water partition coefficient (Wildman–Crippen LogP) is 3.32. The molecule has 0 spiro atoms. The first kappa shape index (κ1) is 16.9. The van der Waals surface area contributed by atoms with Crippen LogP contribution in [-0.4, -0.2) is 24.1 Å². The Morgan fingerprint density at radius 2 is 1.79 bits per heavy atom. The predicted molar refractivity (Wildman–Crippen MR) is 104 cm³/mol. The number of carbonyl (C=O) groups excluding carboxylic acids is 1. The highest BCUT2D eigenvalue weighted by Gasteiger charge is 2.17. The van der Waals surface area contributed by atoms with Crippen LogP contribution in [0.25, 0.3) is 16.3 Å². The zero-order chi connectivity index (χ0) is 19.1. The summed E-state index contributed by atoms with van der Waals surface area (Å²) in [4.78, 5) is 17.3. The van der Waals surface area contributed by atoms with Crippen molar-refractivity contribution in [3.8, 4) is 23.0 Å². The Morgan fingerprint density at radius 1 is 1.07 bits per heavy atom. The van der Waals surface area contributed by atoms with Crippen LogP contribution in [0.4, 0.5) is 0 Å². The quantitative estimate of drug-likeness (QED) is 0.635. The molecule has 2 aliphatic heterocycles. The molecule has 0 fully saturated rings. The van der Waals surface area contributed by atoms with E-state index in [0.717, 1.165) is 21.5 Å². The van der Waals surface area contributed by atoms with Crippen LogP contribution in [0.1, 0.15) is 12.5 Å². The van der Waals surface area contributed by atoms with Crippen LogP contribution in [0.3, 0.4) is 0 Å². The molecular formula is C20H16N2O5S. The van der Waals surface area contributed by atoms with E-state index < -0.39 is 0 Å². The van der Waals surface area contributed by atoms with Gasteiger partial charge in [0.05, 0.1) is 10.2 Å². The Bertz CT molecular complexity index is 1190. The lowest BCUT2D eigenvalue weighted by Gasteiger charge is -2.01. The van der Waals surface area contributed by atoms with E-state index in [1.54, 1.807) is 6.08 Å². The van der Waals surface area contributed by atoms with E-state index in [2.05, 4.69) is 4.99 Å². The summed E-state index contributed by atoms with van der Waals surface area (Å²) in [5.41, 5.74) is 1.82. The number of aromatic nitrogens is 1. The van der Waals surface area contributed by atoms with E-state index in [0.29, 0.717) is 28.6 Å². The molecule has 2 aliphatic rings. The monoisotopic (exact) mass is 396 g/mol. The fourth-order valence-corrected chi connectivity index (χ4v) is 4.28. The van der Waals surface area contributed by atoms with E-state index in [4.69, 9.17) is 18.9 Å². The van der Waals surface area contributed by atoms with Crippen molar-refractivity contribution in [1.82, 2.24) is 4.57 Å². The molecule has 142 valence electrons. The summed E-state index contributed by atoms with van der Waals surface area (Å²) in [6, 6.07) is 9.39. The molecule has 0 radical (unpaired) electrons. The van der Waals surface area contributed by atoms with Gasteiger partial charge in [0.1, 0.15) is 0 Å². The third-order valence-corrected chi connectivity index (χ3v) is 5.56. The van der Waals surface area contributed by atoms with E-state index in [1.165, 1.54) is 17.4 Å². The molecule has 3 aromatic rings. The summed E-state index contributed by atoms with van der Waals surface area (Å²) >= 11 is 1.45. The van der Waals surface area contributed by atoms with Gasteiger partial charge in [-0.05, 0) is 30.7 Å². The Balaban J connectivity index is 1.46. The van der Waals surface area contributed by atoms with E-state index in [1.807, 2.05) is 41.8 Å². The largest absolute Gasteiger partial charge is 0.454 e. The van der Waals surface area contributed by atoms with Gasteiger partial charge in [-0.2, -0.15) is 4.99 Å². The number of hydrogen-bond acceptors (Lipinski definition) is 6. The first-order valence-electron chi connectivity index (χ1n) is 8.80. The molecule has 1 amide bonds. The third-order valence-electron chi connectivity index (χ3n) is 4.51. The maximum atomic E-state index is 12.4. The molecule has 0 unspecified atom stereocenters. The highest BCUT2D eigenvalue weighted by atomic mass is 32.1. The molecule has 5 rings (SSSR count). The Kier molecular flexibility index (Phi) is 4.05. The third kappa shape index (κ3) is 2.91. The maximum Gasteiger partial charge on any atom is 0.272 e. The number of nitrogens with zero attached hydrogens (tertiary/aromatic N) is 2. The minimum atomic E-state index is -0.327. The zero-order valence-electron chi connectivity index (χ0n) is 15.0. The highest BCUT2D eigenvalue weighted by molar-refractivity contribution is 7.16. The Hall–Kier alpha value is -3.26. The molecule has 1 aromatic heterocycles. The minimum Gasteiger partial charge on any atom is -0.454 e. The standard InChI is InChI=1S/C20H16N2O5S/c1-2-22-13-8-16-17(27-11-26-16)9-18(13)28-20(22)21-19(23)6-4-12-3-5-14-15(7-12)25-10-24-14/h3-9H,2,10-11H2,1H3/b6-4-,21-20?. The van der Waals surface area contributed by atoms with Crippen molar-refractivity contribution < 1.29 is 23.7 Å². The second kappa shape index (κ2) is 6.72. The van der Waals surface area contributed by atoms with Crippen molar-refractivity contribution in [3.05, 3.63) is 46.8 Å². The zero-order valence-corrected chi connectivity index (χ0v) is 15.8. The lowest BCUT2D eigenvalue weighted by Crippen LogP contribution is -2.15. The number of benzene rings is 2. The number of amides is 1. The van der Waals surface area contributed by atoms with Crippen molar-refractivity contribution >= 4 is 33.5 Å². The van der Waals surface area contributed by atoms with Gasteiger partial charge in [-0.25, -0.2) is 0 Å². The molecule has 0 bridgehead atoms. The fraction of sp³-hybridized carbons (Fsp3) is 0.200. The second-order valence-corrected chi connectivity index (χ2v) is 7.21. The Labute approximate surface area is 164 Å². The van der Waals surface area contributed by atoms with Gasteiger partial charge in [-0.3, -0.25) is 4.79 Å². The second-order valence-electron chi connectivity index (χ2n) is 6.20. The molecule has 0 aliphatic carbocycles. The number of hydrogen-bond donors (Lipinski definition) is 0.